The summed E-state index contributed by atoms with van der Waals surface area (Å²) in [5.41, 5.74) is 5.36. The predicted molar refractivity (Wildman–Crippen MR) is 86.1 cm³/mol. The molecule has 3 unspecified atom stereocenters. The molecule has 1 aliphatic carbocycles. The Balaban J connectivity index is 2.86. The van der Waals surface area contributed by atoms with Crippen molar-refractivity contribution in [2.45, 2.75) is 58.7 Å². The summed E-state index contributed by atoms with van der Waals surface area (Å²) in [5.74, 6) is 0.0558. The van der Waals surface area contributed by atoms with Crippen LogP contribution in [-0.2, 0) is 9.53 Å². The quantitative estimate of drug-likeness (QED) is 0.770. The van der Waals surface area contributed by atoms with E-state index in [0.717, 1.165) is 6.54 Å². The van der Waals surface area contributed by atoms with Crippen LogP contribution in [0, 0.1) is 5.41 Å². The molecule has 0 aromatic rings. The van der Waals surface area contributed by atoms with Crippen LogP contribution in [-0.4, -0.2) is 67.2 Å². The van der Waals surface area contributed by atoms with E-state index in [0.29, 0.717) is 19.6 Å². The van der Waals surface area contributed by atoms with Crippen LogP contribution in [0.15, 0.2) is 0 Å². The van der Waals surface area contributed by atoms with Gasteiger partial charge in [0, 0.05) is 37.6 Å². The van der Waals surface area contributed by atoms with Gasteiger partial charge in [-0.15, -0.1) is 0 Å². The highest BCUT2D eigenvalue weighted by Crippen LogP contribution is 2.50. The second-order valence-electron chi connectivity index (χ2n) is 7.04. The molecule has 5 nitrogen and oxygen atoms in total. The number of hydrogen-bond acceptors (Lipinski definition) is 4. The van der Waals surface area contributed by atoms with Gasteiger partial charge in [0.2, 0.25) is 5.91 Å². The fraction of sp³-hybridized carbons (Fsp3) is 0.938. The number of likely N-dealkylation sites (N-methyl/N-ethyl adjacent to an activating group) is 2. The Morgan fingerprint density at radius 3 is 2.33 bits per heavy atom. The van der Waals surface area contributed by atoms with Crippen LogP contribution in [0.2, 0.25) is 0 Å². The number of rotatable bonds is 7. The molecule has 0 spiro atoms. The van der Waals surface area contributed by atoms with E-state index < -0.39 is 5.54 Å². The molecule has 1 saturated carbocycles. The molecule has 1 aliphatic rings. The van der Waals surface area contributed by atoms with E-state index in [1.54, 1.807) is 0 Å². The molecule has 0 saturated heterocycles. The molecule has 5 heteroatoms. The number of amides is 1. The Kier molecular flexibility index (Phi) is 5.81. The molecule has 0 aromatic carbocycles. The second kappa shape index (κ2) is 6.63. The average Bonchev–Trinajstić information content (AvgIpc) is 2.37. The summed E-state index contributed by atoms with van der Waals surface area (Å²) in [6.07, 6.45) is 0.678. The summed E-state index contributed by atoms with van der Waals surface area (Å²) in [5, 5.41) is 0. The summed E-state index contributed by atoms with van der Waals surface area (Å²) in [4.78, 5) is 17.0. The molecule has 0 aliphatic heterocycles. The van der Waals surface area contributed by atoms with Gasteiger partial charge in [-0.05, 0) is 34.9 Å². The van der Waals surface area contributed by atoms with Gasteiger partial charge >= 0.3 is 0 Å². The number of carbonyl (C=O) groups excluding carboxylic acids is 1. The van der Waals surface area contributed by atoms with Crippen LogP contribution < -0.4 is 5.73 Å². The number of nitrogens with zero attached hydrogens (tertiary/aromatic N) is 2. The zero-order valence-electron chi connectivity index (χ0n) is 14.8. The summed E-state index contributed by atoms with van der Waals surface area (Å²) < 4.78 is 5.72. The first-order valence-electron chi connectivity index (χ1n) is 7.98. The molecule has 0 radical (unpaired) electrons. The highest BCUT2D eigenvalue weighted by Gasteiger charge is 2.63. The van der Waals surface area contributed by atoms with Crippen LogP contribution in [0.25, 0.3) is 0 Å². The topological polar surface area (TPSA) is 58.8 Å². The van der Waals surface area contributed by atoms with Gasteiger partial charge in [0.1, 0.15) is 5.54 Å². The molecule has 21 heavy (non-hydrogen) atoms. The second-order valence-corrected chi connectivity index (χ2v) is 7.04. The third-order valence-corrected chi connectivity index (χ3v) is 4.97. The molecule has 0 bridgehead atoms. The van der Waals surface area contributed by atoms with E-state index in [4.69, 9.17) is 10.5 Å². The molecular formula is C16H33N3O2. The van der Waals surface area contributed by atoms with E-state index in [9.17, 15) is 4.79 Å². The molecule has 1 rings (SSSR count). The van der Waals surface area contributed by atoms with Crippen molar-refractivity contribution in [3.05, 3.63) is 0 Å². The Labute approximate surface area is 129 Å². The summed E-state index contributed by atoms with van der Waals surface area (Å²) in [7, 11) is 4.04. The van der Waals surface area contributed by atoms with Gasteiger partial charge in [0.25, 0.3) is 0 Å². The zero-order valence-corrected chi connectivity index (χ0v) is 14.8. The van der Waals surface area contributed by atoms with Crippen LogP contribution >= 0.6 is 0 Å². The predicted octanol–water partition coefficient (Wildman–Crippen LogP) is 1.32. The van der Waals surface area contributed by atoms with Crippen molar-refractivity contribution in [3.8, 4) is 0 Å². The molecule has 0 heterocycles. The van der Waals surface area contributed by atoms with E-state index >= 15 is 0 Å². The van der Waals surface area contributed by atoms with Gasteiger partial charge in [0.15, 0.2) is 0 Å². The summed E-state index contributed by atoms with van der Waals surface area (Å²) in [6.45, 7) is 12.3. The van der Waals surface area contributed by atoms with Crippen molar-refractivity contribution in [2.75, 3.05) is 33.8 Å². The molecule has 0 aromatic heterocycles. The van der Waals surface area contributed by atoms with Crippen LogP contribution in [0.1, 0.15) is 41.0 Å². The van der Waals surface area contributed by atoms with Crippen molar-refractivity contribution in [3.63, 3.8) is 0 Å². The van der Waals surface area contributed by atoms with Gasteiger partial charge in [-0.1, -0.05) is 13.8 Å². The molecular weight excluding hydrogens is 266 g/mol. The molecule has 3 atom stereocenters. The highest BCUT2D eigenvalue weighted by atomic mass is 16.5. The van der Waals surface area contributed by atoms with Crippen molar-refractivity contribution in [1.29, 1.82) is 0 Å². The third-order valence-electron chi connectivity index (χ3n) is 4.97. The summed E-state index contributed by atoms with van der Waals surface area (Å²) in [6, 6.07) is 0.153. The van der Waals surface area contributed by atoms with Crippen molar-refractivity contribution < 1.29 is 9.53 Å². The maximum absolute atomic E-state index is 13.0. The smallest absolute Gasteiger partial charge is 0.243 e. The normalized spacial score (nSPS) is 29.1. The summed E-state index contributed by atoms with van der Waals surface area (Å²) >= 11 is 0. The Hall–Kier alpha value is -0.650. The average molecular weight is 299 g/mol. The molecule has 124 valence electrons. The monoisotopic (exact) mass is 299 g/mol. The van der Waals surface area contributed by atoms with Crippen molar-refractivity contribution in [1.82, 2.24) is 9.80 Å². The van der Waals surface area contributed by atoms with Gasteiger partial charge < -0.3 is 20.3 Å². The van der Waals surface area contributed by atoms with Gasteiger partial charge in [-0.2, -0.15) is 0 Å². The fourth-order valence-corrected chi connectivity index (χ4v) is 3.34. The lowest BCUT2D eigenvalue weighted by Crippen LogP contribution is -2.76. The van der Waals surface area contributed by atoms with Crippen LogP contribution in [0.5, 0.6) is 0 Å². The Morgan fingerprint density at radius 1 is 1.38 bits per heavy atom. The minimum Gasteiger partial charge on any atom is -0.378 e. The van der Waals surface area contributed by atoms with Crippen LogP contribution in [0.4, 0.5) is 0 Å². The molecule has 1 amide bonds. The zero-order chi connectivity index (χ0) is 16.4. The standard InChI is InChI=1S/C16H33N3O2/c1-8-19(12(3)11-18(6)7)14(20)16(17)10-13(21-9-2)15(16,4)5/h12-13H,8-11,17H2,1-7H3. The van der Waals surface area contributed by atoms with Crippen LogP contribution in [0.3, 0.4) is 0 Å². The maximum atomic E-state index is 13.0. The van der Waals surface area contributed by atoms with Gasteiger partial charge in [-0.25, -0.2) is 0 Å². The molecule has 1 fully saturated rings. The lowest BCUT2D eigenvalue weighted by atomic mass is 9.54. The first-order chi connectivity index (χ1) is 9.61. The van der Waals surface area contributed by atoms with Gasteiger partial charge in [-0.3, -0.25) is 4.79 Å². The van der Waals surface area contributed by atoms with E-state index in [2.05, 4.69) is 11.8 Å². The van der Waals surface area contributed by atoms with E-state index in [1.165, 1.54) is 0 Å². The number of carbonyl (C=O) groups is 1. The number of nitrogens with two attached hydrogens (primary N) is 1. The highest BCUT2D eigenvalue weighted by molar-refractivity contribution is 5.89. The third kappa shape index (κ3) is 3.25. The maximum Gasteiger partial charge on any atom is 0.243 e. The lowest BCUT2D eigenvalue weighted by molar-refractivity contribution is -0.180. The van der Waals surface area contributed by atoms with Crippen molar-refractivity contribution in [2.24, 2.45) is 11.1 Å². The fourth-order valence-electron chi connectivity index (χ4n) is 3.34. The minimum absolute atomic E-state index is 0.0558. The first-order valence-corrected chi connectivity index (χ1v) is 7.98. The minimum atomic E-state index is -0.816. The van der Waals surface area contributed by atoms with Gasteiger partial charge in [0.05, 0.1) is 6.10 Å². The first kappa shape index (κ1) is 18.4. The lowest BCUT2D eigenvalue weighted by Gasteiger charge is -2.59. The van der Waals surface area contributed by atoms with Crippen molar-refractivity contribution >= 4 is 5.91 Å². The largest absolute Gasteiger partial charge is 0.378 e. The Morgan fingerprint density at radius 2 is 1.95 bits per heavy atom. The Bertz CT molecular complexity index is 371. The van der Waals surface area contributed by atoms with E-state index in [1.807, 2.05) is 46.7 Å². The number of hydrogen-bond donors (Lipinski definition) is 1. The number of ether oxygens (including phenoxy) is 1. The van der Waals surface area contributed by atoms with E-state index in [-0.39, 0.29) is 23.5 Å². The molecule has 2 N–H and O–H groups in total. The SMILES string of the molecule is CCOC1CC(N)(C(=O)N(CC)C(C)CN(C)C)C1(C)C.